The zero-order valence-corrected chi connectivity index (χ0v) is 19.1. The molecular weight excluding hydrogens is 398 g/mol. The van der Waals surface area contributed by atoms with Crippen LogP contribution in [0.3, 0.4) is 0 Å². The molecule has 0 spiro atoms. The van der Waals surface area contributed by atoms with Crippen molar-refractivity contribution in [2.24, 2.45) is 35.0 Å². The predicted molar refractivity (Wildman–Crippen MR) is 122 cm³/mol. The molecule has 2 aromatic rings. The molecule has 32 heavy (non-hydrogen) atoms. The maximum Gasteiger partial charge on any atom is 0.155 e. The van der Waals surface area contributed by atoms with Crippen molar-refractivity contribution in [3.05, 3.63) is 53.9 Å². The number of para-hydroxylation sites is 1. The van der Waals surface area contributed by atoms with E-state index in [-0.39, 0.29) is 5.41 Å². The number of aliphatic hydroxyl groups is 1. The molecule has 7 atom stereocenters. The standard InChI is InChI=1S/C27H33N3O2/c1-17-14-18-15-20(31)8-9-21(18)22-10-12-26(2)23(25(17)22)11-13-27(26,32)24-16-30(29-28-24)19-6-4-3-5-7-19/h3-7,15-17,21-23,25,32H,8-14H2,1-2H3/t17?,21?,22?,23?,25?,26-,27+/m0/s1. The number of nitrogens with zero attached hydrogens (tertiary/aromatic N) is 3. The van der Waals surface area contributed by atoms with Crippen LogP contribution in [-0.4, -0.2) is 25.9 Å². The van der Waals surface area contributed by atoms with Gasteiger partial charge in [0.1, 0.15) is 11.3 Å². The van der Waals surface area contributed by atoms with Crippen LogP contribution in [-0.2, 0) is 10.4 Å². The molecule has 4 aliphatic carbocycles. The van der Waals surface area contributed by atoms with Crippen molar-refractivity contribution in [2.45, 2.75) is 64.4 Å². The lowest BCUT2D eigenvalue weighted by Gasteiger charge is -2.57. The second kappa shape index (κ2) is 7.11. The Kier molecular flexibility index (Phi) is 4.52. The van der Waals surface area contributed by atoms with Gasteiger partial charge in [-0.15, -0.1) is 5.10 Å². The first-order valence-corrected chi connectivity index (χ1v) is 12.3. The third-order valence-electron chi connectivity index (χ3n) is 9.73. The molecule has 1 aromatic carbocycles. The van der Waals surface area contributed by atoms with E-state index in [0.29, 0.717) is 41.8 Å². The summed E-state index contributed by atoms with van der Waals surface area (Å²) >= 11 is 0. The van der Waals surface area contributed by atoms with Gasteiger partial charge in [-0.05, 0) is 86.3 Å². The van der Waals surface area contributed by atoms with Crippen LogP contribution >= 0.6 is 0 Å². The first-order valence-electron chi connectivity index (χ1n) is 12.3. The van der Waals surface area contributed by atoms with E-state index >= 15 is 0 Å². The molecule has 1 heterocycles. The number of aromatic nitrogens is 3. The molecule has 1 aromatic heterocycles. The van der Waals surface area contributed by atoms with Crippen molar-refractivity contribution in [2.75, 3.05) is 0 Å². The summed E-state index contributed by atoms with van der Waals surface area (Å²) < 4.78 is 1.79. The summed E-state index contributed by atoms with van der Waals surface area (Å²) in [5.41, 5.74) is 1.97. The second-order valence-corrected chi connectivity index (χ2v) is 11.1. The van der Waals surface area contributed by atoms with Gasteiger partial charge in [-0.1, -0.05) is 42.8 Å². The van der Waals surface area contributed by atoms with Gasteiger partial charge in [-0.3, -0.25) is 4.79 Å². The minimum Gasteiger partial charge on any atom is -0.383 e. The van der Waals surface area contributed by atoms with Crippen LogP contribution in [0.5, 0.6) is 0 Å². The molecule has 0 amide bonds. The van der Waals surface area contributed by atoms with Gasteiger partial charge in [0.15, 0.2) is 5.78 Å². The molecule has 1 N–H and O–H groups in total. The van der Waals surface area contributed by atoms with Crippen LogP contribution in [0.1, 0.15) is 64.5 Å². The van der Waals surface area contributed by atoms with Crippen molar-refractivity contribution >= 4 is 5.78 Å². The molecule has 0 saturated heterocycles. The van der Waals surface area contributed by atoms with Crippen molar-refractivity contribution in [1.82, 2.24) is 15.0 Å². The van der Waals surface area contributed by atoms with E-state index in [1.165, 1.54) is 5.57 Å². The third-order valence-corrected chi connectivity index (χ3v) is 9.73. The second-order valence-electron chi connectivity index (χ2n) is 11.1. The largest absolute Gasteiger partial charge is 0.383 e. The Balaban J connectivity index is 1.33. The summed E-state index contributed by atoms with van der Waals surface area (Å²) in [6.45, 7) is 4.69. The van der Waals surface area contributed by atoms with E-state index in [1.54, 1.807) is 4.68 Å². The molecular formula is C27H33N3O2. The number of hydrogen-bond acceptors (Lipinski definition) is 4. The van der Waals surface area contributed by atoms with E-state index in [9.17, 15) is 9.90 Å². The highest BCUT2D eigenvalue weighted by atomic mass is 16.3. The van der Waals surface area contributed by atoms with Crippen molar-refractivity contribution in [3.8, 4) is 5.69 Å². The number of benzene rings is 1. The topological polar surface area (TPSA) is 68.0 Å². The molecule has 5 heteroatoms. The molecule has 5 unspecified atom stereocenters. The van der Waals surface area contributed by atoms with Crippen molar-refractivity contribution in [1.29, 1.82) is 0 Å². The van der Waals surface area contributed by atoms with E-state index in [2.05, 4.69) is 24.2 Å². The van der Waals surface area contributed by atoms with E-state index in [4.69, 9.17) is 0 Å². The first-order chi connectivity index (χ1) is 15.4. The molecule has 0 radical (unpaired) electrons. The van der Waals surface area contributed by atoms with Crippen LogP contribution < -0.4 is 0 Å². The van der Waals surface area contributed by atoms with Crippen LogP contribution in [0.25, 0.3) is 5.69 Å². The minimum atomic E-state index is -0.936. The molecule has 4 aliphatic rings. The van der Waals surface area contributed by atoms with E-state index < -0.39 is 5.60 Å². The van der Waals surface area contributed by atoms with Gasteiger partial charge in [0.2, 0.25) is 0 Å². The monoisotopic (exact) mass is 431 g/mol. The van der Waals surface area contributed by atoms with Crippen LogP contribution in [0.2, 0.25) is 0 Å². The maximum absolute atomic E-state index is 12.1. The number of hydrogen-bond donors (Lipinski definition) is 1. The highest BCUT2D eigenvalue weighted by Gasteiger charge is 2.64. The average Bonchev–Trinajstić information content (AvgIpc) is 3.38. The lowest BCUT2D eigenvalue weighted by molar-refractivity contribution is -0.134. The Hall–Kier alpha value is -2.27. The summed E-state index contributed by atoms with van der Waals surface area (Å²) in [4.78, 5) is 12.0. The predicted octanol–water partition coefficient (Wildman–Crippen LogP) is 4.84. The number of ketones is 1. The van der Waals surface area contributed by atoms with Crippen molar-refractivity contribution < 1.29 is 9.90 Å². The zero-order chi connectivity index (χ0) is 22.1. The highest BCUT2D eigenvalue weighted by Crippen LogP contribution is 2.68. The lowest BCUT2D eigenvalue weighted by atomic mass is 9.48. The number of rotatable bonds is 2. The highest BCUT2D eigenvalue weighted by molar-refractivity contribution is 5.91. The summed E-state index contributed by atoms with van der Waals surface area (Å²) in [5.74, 6) is 3.20. The zero-order valence-electron chi connectivity index (χ0n) is 19.1. The summed E-state index contributed by atoms with van der Waals surface area (Å²) in [7, 11) is 0. The fourth-order valence-electron chi connectivity index (χ4n) is 8.19. The van der Waals surface area contributed by atoms with Gasteiger partial charge in [-0.25, -0.2) is 4.68 Å². The van der Waals surface area contributed by atoms with Gasteiger partial charge in [0.25, 0.3) is 0 Å². The van der Waals surface area contributed by atoms with Gasteiger partial charge in [0, 0.05) is 11.8 Å². The summed E-state index contributed by atoms with van der Waals surface area (Å²) in [6, 6.07) is 9.99. The van der Waals surface area contributed by atoms with Crippen LogP contribution in [0.4, 0.5) is 0 Å². The lowest BCUT2D eigenvalue weighted by Crippen LogP contribution is -2.53. The Morgan fingerprint density at radius 1 is 1.12 bits per heavy atom. The Bertz CT molecular complexity index is 1080. The maximum atomic E-state index is 12.1. The Labute approximate surface area is 189 Å². The molecule has 3 saturated carbocycles. The normalized spacial score (nSPS) is 40.9. The number of fused-ring (bicyclic) bond motifs is 5. The van der Waals surface area contributed by atoms with Gasteiger partial charge in [0.05, 0.1) is 11.9 Å². The Morgan fingerprint density at radius 2 is 1.94 bits per heavy atom. The van der Waals surface area contributed by atoms with Gasteiger partial charge >= 0.3 is 0 Å². The van der Waals surface area contributed by atoms with Crippen molar-refractivity contribution in [3.63, 3.8) is 0 Å². The fourth-order valence-corrected chi connectivity index (χ4v) is 8.19. The fraction of sp³-hybridized carbons (Fsp3) is 0.593. The number of allylic oxidation sites excluding steroid dienone is 1. The first kappa shape index (κ1) is 20.3. The third kappa shape index (κ3) is 2.76. The van der Waals surface area contributed by atoms with E-state index in [1.807, 2.05) is 42.6 Å². The quantitative estimate of drug-likeness (QED) is 0.739. The van der Waals surface area contributed by atoms with Gasteiger partial charge in [-0.2, -0.15) is 0 Å². The molecule has 0 aliphatic heterocycles. The molecule has 5 nitrogen and oxygen atoms in total. The van der Waals surface area contributed by atoms with Gasteiger partial charge < -0.3 is 5.11 Å². The smallest absolute Gasteiger partial charge is 0.155 e. The number of carbonyl (C=O) groups is 1. The number of carbonyl (C=O) groups excluding carboxylic acids is 1. The molecule has 168 valence electrons. The molecule has 6 rings (SSSR count). The van der Waals surface area contributed by atoms with Crippen LogP contribution in [0.15, 0.2) is 48.2 Å². The molecule has 0 bridgehead atoms. The average molecular weight is 432 g/mol. The summed E-state index contributed by atoms with van der Waals surface area (Å²) in [6.07, 6.45) is 10.6. The van der Waals surface area contributed by atoms with E-state index in [0.717, 1.165) is 49.9 Å². The SMILES string of the molecule is CC1CC2=CC(=O)CCC2C2CC[C@@]3(C)C(CC[C@@]3(O)c3cn(-c4ccccc4)nn3)C12. The van der Waals surface area contributed by atoms with Crippen LogP contribution in [0, 0.1) is 35.0 Å². The minimum absolute atomic E-state index is 0.189. The molecule has 3 fully saturated rings. The Morgan fingerprint density at radius 3 is 2.75 bits per heavy atom. The summed E-state index contributed by atoms with van der Waals surface area (Å²) in [5, 5.41) is 21.0.